The van der Waals surface area contributed by atoms with E-state index in [1.165, 1.54) is 5.56 Å². The third kappa shape index (κ3) is 3.37. The molecule has 0 spiro atoms. The van der Waals surface area contributed by atoms with Crippen LogP contribution < -0.4 is 4.74 Å². The molecular formula is C17H18N4OS. The number of hydrogen-bond donors (Lipinski definition) is 0. The fraction of sp³-hybridized carbons (Fsp3) is 0.235. The molecule has 0 bridgehead atoms. The van der Waals surface area contributed by atoms with E-state index in [9.17, 15) is 0 Å². The zero-order valence-corrected chi connectivity index (χ0v) is 14.2. The van der Waals surface area contributed by atoms with Crippen LogP contribution in [0.5, 0.6) is 5.75 Å². The van der Waals surface area contributed by atoms with Crippen molar-refractivity contribution >= 4 is 29.0 Å². The number of hydrogen-bond acceptors (Lipinski definition) is 5. The molecule has 0 saturated heterocycles. The molecule has 0 N–H and O–H groups in total. The van der Waals surface area contributed by atoms with Crippen LogP contribution in [0.1, 0.15) is 18.2 Å². The number of rotatable bonds is 5. The molecule has 0 aliphatic rings. The third-order valence-corrected chi connectivity index (χ3v) is 4.34. The van der Waals surface area contributed by atoms with Crippen LogP contribution in [0.15, 0.2) is 41.8 Å². The van der Waals surface area contributed by atoms with E-state index in [-0.39, 0.29) is 0 Å². The molecule has 0 unspecified atom stereocenters. The molecule has 0 saturated carbocycles. The summed E-state index contributed by atoms with van der Waals surface area (Å²) in [6.07, 6.45) is 5.70. The monoisotopic (exact) mass is 326 g/mol. The maximum atomic E-state index is 5.18. The maximum absolute atomic E-state index is 5.18. The van der Waals surface area contributed by atoms with Crippen molar-refractivity contribution in [2.45, 2.75) is 17.8 Å². The Morgan fingerprint density at radius 1 is 1.22 bits per heavy atom. The van der Waals surface area contributed by atoms with Gasteiger partial charge in [0, 0.05) is 12.8 Å². The quantitative estimate of drug-likeness (QED) is 0.528. The van der Waals surface area contributed by atoms with Crippen molar-refractivity contribution < 1.29 is 4.74 Å². The molecule has 0 aliphatic carbocycles. The van der Waals surface area contributed by atoms with E-state index in [4.69, 9.17) is 4.74 Å². The summed E-state index contributed by atoms with van der Waals surface area (Å²) in [5, 5.41) is 0.755. The minimum atomic E-state index is 0.755. The highest BCUT2D eigenvalue weighted by Crippen LogP contribution is 2.24. The van der Waals surface area contributed by atoms with Gasteiger partial charge in [0.05, 0.1) is 19.1 Å². The molecule has 5 nitrogen and oxygen atoms in total. The number of aryl methyl sites for hydroxylation is 1. The lowest BCUT2D eigenvalue weighted by Crippen LogP contribution is -1.96. The van der Waals surface area contributed by atoms with Gasteiger partial charge in [0.15, 0.2) is 10.8 Å². The Morgan fingerprint density at radius 2 is 2.00 bits per heavy atom. The summed E-state index contributed by atoms with van der Waals surface area (Å²) in [4.78, 5) is 13.6. The van der Waals surface area contributed by atoms with Gasteiger partial charge in [0.1, 0.15) is 11.3 Å². The van der Waals surface area contributed by atoms with Crippen LogP contribution in [0.2, 0.25) is 0 Å². The summed E-state index contributed by atoms with van der Waals surface area (Å²) in [7, 11) is 3.61. The SMILES string of the molecule is C/C=C/c1nc(SCc2ccc(OC)cc2)nc2c1ncn2C. The fourth-order valence-electron chi connectivity index (χ4n) is 2.22. The maximum Gasteiger partial charge on any atom is 0.190 e. The van der Waals surface area contributed by atoms with Crippen molar-refractivity contribution in [3.05, 3.63) is 47.9 Å². The predicted octanol–water partition coefficient (Wildman–Crippen LogP) is 3.70. The Hall–Kier alpha value is -2.34. The van der Waals surface area contributed by atoms with Gasteiger partial charge in [-0.1, -0.05) is 30.0 Å². The van der Waals surface area contributed by atoms with Gasteiger partial charge in [-0.15, -0.1) is 0 Å². The number of imidazole rings is 1. The number of methoxy groups -OCH3 is 1. The molecule has 1 aromatic carbocycles. The number of aromatic nitrogens is 4. The van der Waals surface area contributed by atoms with Crippen LogP contribution in [0, 0.1) is 0 Å². The first-order valence-electron chi connectivity index (χ1n) is 7.28. The first-order chi connectivity index (χ1) is 11.2. The molecule has 3 rings (SSSR count). The topological polar surface area (TPSA) is 52.8 Å². The lowest BCUT2D eigenvalue weighted by Gasteiger charge is -2.05. The second-order valence-corrected chi connectivity index (χ2v) is 6.00. The van der Waals surface area contributed by atoms with E-state index in [0.717, 1.165) is 33.5 Å². The molecule has 3 aromatic rings. The second-order valence-electron chi connectivity index (χ2n) is 5.06. The van der Waals surface area contributed by atoms with Crippen LogP contribution in [-0.4, -0.2) is 26.6 Å². The molecule has 2 heterocycles. The van der Waals surface area contributed by atoms with Crippen LogP contribution in [0.4, 0.5) is 0 Å². The van der Waals surface area contributed by atoms with E-state index in [1.54, 1.807) is 25.2 Å². The molecule has 0 fully saturated rings. The number of benzene rings is 1. The summed E-state index contributed by atoms with van der Waals surface area (Å²) >= 11 is 1.62. The van der Waals surface area contributed by atoms with Crippen LogP contribution in [0.3, 0.4) is 0 Å². The van der Waals surface area contributed by atoms with Gasteiger partial charge in [0.25, 0.3) is 0 Å². The Bertz CT molecular complexity index is 840. The summed E-state index contributed by atoms with van der Waals surface area (Å²) in [5.74, 6) is 1.67. The molecule has 0 atom stereocenters. The predicted molar refractivity (Wildman–Crippen MR) is 93.6 cm³/mol. The summed E-state index contributed by atoms with van der Waals surface area (Å²) in [5.41, 5.74) is 3.75. The minimum Gasteiger partial charge on any atom is -0.497 e. The Labute approximate surface area is 139 Å². The standard InChI is InChI=1S/C17H18N4OS/c1-4-5-14-15-16(21(2)11-18-15)20-17(19-14)23-10-12-6-8-13(22-3)9-7-12/h4-9,11H,10H2,1-3H3/b5-4+. The van der Waals surface area contributed by atoms with E-state index < -0.39 is 0 Å². The normalized spacial score (nSPS) is 11.4. The molecule has 23 heavy (non-hydrogen) atoms. The average Bonchev–Trinajstić information content (AvgIpc) is 2.95. The smallest absolute Gasteiger partial charge is 0.190 e. The van der Waals surface area contributed by atoms with Crippen molar-refractivity contribution in [1.29, 1.82) is 0 Å². The first-order valence-corrected chi connectivity index (χ1v) is 8.27. The zero-order valence-electron chi connectivity index (χ0n) is 13.4. The van der Waals surface area contributed by atoms with Crippen LogP contribution in [-0.2, 0) is 12.8 Å². The van der Waals surface area contributed by atoms with E-state index in [2.05, 4.69) is 27.1 Å². The fourth-order valence-corrected chi connectivity index (χ4v) is 3.02. The Kier molecular flexibility index (Phi) is 4.62. The molecule has 118 valence electrons. The number of thioether (sulfide) groups is 1. The Morgan fingerprint density at radius 3 is 2.70 bits per heavy atom. The lowest BCUT2D eigenvalue weighted by atomic mass is 10.2. The highest BCUT2D eigenvalue weighted by atomic mass is 32.2. The summed E-state index contributed by atoms with van der Waals surface area (Å²) in [6, 6.07) is 8.04. The van der Waals surface area contributed by atoms with Gasteiger partial charge in [-0.25, -0.2) is 15.0 Å². The number of nitrogens with zero attached hydrogens (tertiary/aromatic N) is 4. The number of allylic oxidation sites excluding steroid dienone is 1. The van der Waals surface area contributed by atoms with E-state index in [1.807, 2.05) is 42.8 Å². The number of fused-ring (bicyclic) bond motifs is 1. The van der Waals surface area contributed by atoms with Gasteiger partial charge in [-0.05, 0) is 30.7 Å². The summed E-state index contributed by atoms with van der Waals surface area (Å²) in [6.45, 7) is 1.97. The van der Waals surface area contributed by atoms with Crippen molar-refractivity contribution in [2.75, 3.05) is 7.11 Å². The third-order valence-electron chi connectivity index (χ3n) is 3.42. The molecule has 0 radical (unpaired) electrons. The molecule has 0 amide bonds. The molecule has 6 heteroatoms. The largest absolute Gasteiger partial charge is 0.497 e. The van der Waals surface area contributed by atoms with Crippen LogP contribution >= 0.6 is 11.8 Å². The lowest BCUT2D eigenvalue weighted by molar-refractivity contribution is 0.414. The first kappa shape index (κ1) is 15.6. The number of ether oxygens (including phenoxy) is 1. The van der Waals surface area contributed by atoms with Gasteiger partial charge in [-0.2, -0.15) is 0 Å². The average molecular weight is 326 g/mol. The van der Waals surface area contributed by atoms with E-state index >= 15 is 0 Å². The highest BCUT2D eigenvalue weighted by molar-refractivity contribution is 7.98. The molecule has 2 aromatic heterocycles. The summed E-state index contributed by atoms with van der Waals surface area (Å²) < 4.78 is 7.10. The van der Waals surface area contributed by atoms with Gasteiger partial charge in [-0.3, -0.25) is 0 Å². The van der Waals surface area contributed by atoms with E-state index in [0.29, 0.717) is 0 Å². The Balaban J connectivity index is 1.85. The van der Waals surface area contributed by atoms with Crippen molar-refractivity contribution in [1.82, 2.24) is 19.5 Å². The molecular weight excluding hydrogens is 308 g/mol. The molecule has 0 aliphatic heterocycles. The van der Waals surface area contributed by atoms with Gasteiger partial charge >= 0.3 is 0 Å². The van der Waals surface area contributed by atoms with Crippen LogP contribution in [0.25, 0.3) is 17.2 Å². The van der Waals surface area contributed by atoms with Crippen molar-refractivity contribution in [3.63, 3.8) is 0 Å². The minimum absolute atomic E-state index is 0.755. The van der Waals surface area contributed by atoms with Crippen molar-refractivity contribution in [2.24, 2.45) is 7.05 Å². The second kappa shape index (κ2) is 6.83. The highest BCUT2D eigenvalue weighted by Gasteiger charge is 2.10. The van der Waals surface area contributed by atoms with Gasteiger partial charge < -0.3 is 9.30 Å². The zero-order chi connectivity index (χ0) is 16.2. The van der Waals surface area contributed by atoms with Gasteiger partial charge in [0.2, 0.25) is 0 Å². The van der Waals surface area contributed by atoms with Crippen molar-refractivity contribution in [3.8, 4) is 5.75 Å².